The molecule has 0 radical (unpaired) electrons. The molecule has 0 saturated carbocycles. The highest BCUT2D eigenvalue weighted by atomic mass is 35.5. The molecule has 0 saturated heterocycles. The number of carbonyl (C=O) groups excluding carboxylic acids is 1. The molecule has 2 aromatic rings. The van der Waals surface area contributed by atoms with Gasteiger partial charge in [0.15, 0.2) is 0 Å². The highest BCUT2D eigenvalue weighted by Crippen LogP contribution is 2.21. The molecule has 6 heteroatoms. The van der Waals surface area contributed by atoms with E-state index < -0.39 is 5.91 Å². The van der Waals surface area contributed by atoms with Gasteiger partial charge in [0.25, 0.3) is 5.91 Å². The van der Waals surface area contributed by atoms with Gasteiger partial charge in [0, 0.05) is 23.8 Å². The number of phenols is 1. The first-order chi connectivity index (χ1) is 9.60. The number of aromatic hydroxyl groups is 1. The van der Waals surface area contributed by atoms with Crippen LogP contribution in [0.15, 0.2) is 36.5 Å². The maximum Gasteiger partial charge on any atom is 0.255 e. The van der Waals surface area contributed by atoms with E-state index in [1.165, 1.54) is 25.3 Å². The second-order valence-corrected chi connectivity index (χ2v) is 4.49. The number of hydrogen-bond acceptors (Lipinski definition) is 4. The Morgan fingerprint density at radius 3 is 2.95 bits per heavy atom. The van der Waals surface area contributed by atoms with Crippen molar-refractivity contribution < 1.29 is 14.6 Å². The number of nitrogens with zero attached hydrogens (tertiary/aromatic N) is 1. The third kappa shape index (κ3) is 3.39. The van der Waals surface area contributed by atoms with E-state index in [2.05, 4.69) is 10.3 Å². The summed E-state index contributed by atoms with van der Waals surface area (Å²) in [5.74, 6) is -0.0395. The van der Waals surface area contributed by atoms with Crippen molar-refractivity contribution in [2.75, 3.05) is 7.11 Å². The Balaban J connectivity index is 2.06. The Labute approximate surface area is 121 Å². The van der Waals surface area contributed by atoms with Crippen LogP contribution >= 0.6 is 11.6 Å². The van der Waals surface area contributed by atoms with Gasteiger partial charge in [-0.05, 0) is 29.8 Å². The molecule has 104 valence electrons. The Hall–Kier alpha value is -2.27. The number of pyridine rings is 1. The molecule has 1 aromatic carbocycles. The summed E-state index contributed by atoms with van der Waals surface area (Å²) in [6, 6.07) is 7.80. The number of nitrogens with one attached hydrogen (secondary N) is 1. The van der Waals surface area contributed by atoms with Crippen molar-refractivity contribution in [2.45, 2.75) is 6.54 Å². The third-order valence-corrected chi connectivity index (χ3v) is 2.90. The second kappa shape index (κ2) is 6.25. The van der Waals surface area contributed by atoms with Crippen LogP contribution in [0.1, 0.15) is 15.9 Å². The summed E-state index contributed by atoms with van der Waals surface area (Å²) in [6.45, 7) is 0.295. The number of ether oxygens (including phenoxy) is 1. The maximum absolute atomic E-state index is 12.0. The molecule has 0 aliphatic heterocycles. The molecule has 2 N–H and O–H groups in total. The largest absolute Gasteiger partial charge is 0.507 e. The van der Waals surface area contributed by atoms with Gasteiger partial charge in [-0.3, -0.25) is 4.79 Å². The minimum absolute atomic E-state index is 0.112. The highest BCUT2D eigenvalue weighted by molar-refractivity contribution is 6.31. The molecule has 1 heterocycles. The van der Waals surface area contributed by atoms with Crippen molar-refractivity contribution in [3.63, 3.8) is 0 Å². The van der Waals surface area contributed by atoms with Gasteiger partial charge in [-0.25, -0.2) is 4.98 Å². The molecule has 2 rings (SSSR count). The SMILES string of the molecule is COc1cc(CNC(=O)c2cc(Cl)ccc2O)ccn1. The molecular formula is C14H13ClN2O3. The molecule has 1 aromatic heterocycles. The number of phenolic OH excluding ortho intramolecular Hbond substituents is 1. The molecule has 20 heavy (non-hydrogen) atoms. The summed E-state index contributed by atoms with van der Waals surface area (Å²) < 4.78 is 5.00. The van der Waals surface area contributed by atoms with Crippen LogP contribution in [0.25, 0.3) is 0 Å². The normalized spacial score (nSPS) is 10.1. The van der Waals surface area contributed by atoms with Crippen LogP contribution in [0.2, 0.25) is 5.02 Å². The molecule has 1 amide bonds. The van der Waals surface area contributed by atoms with Crippen LogP contribution in [0.5, 0.6) is 11.6 Å². The first kappa shape index (κ1) is 14.1. The van der Waals surface area contributed by atoms with Gasteiger partial charge in [-0.2, -0.15) is 0 Å². The zero-order valence-electron chi connectivity index (χ0n) is 10.8. The van der Waals surface area contributed by atoms with Gasteiger partial charge in [0.1, 0.15) is 5.75 Å². The summed E-state index contributed by atoms with van der Waals surface area (Å²) >= 11 is 5.80. The third-order valence-electron chi connectivity index (χ3n) is 2.66. The number of hydrogen-bond donors (Lipinski definition) is 2. The zero-order chi connectivity index (χ0) is 14.5. The fraction of sp³-hybridized carbons (Fsp3) is 0.143. The lowest BCUT2D eigenvalue weighted by Crippen LogP contribution is -2.22. The average Bonchev–Trinajstić information content (AvgIpc) is 2.47. The average molecular weight is 293 g/mol. The molecule has 0 atom stereocenters. The van der Waals surface area contributed by atoms with E-state index >= 15 is 0 Å². The van der Waals surface area contributed by atoms with Crippen molar-refractivity contribution in [1.82, 2.24) is 10.3 Å². The monoisotopic (exact) mass is 292 g/mol. The van der Waals surface area contributed by atoms with Crippen molar-refractivity contribution in [2.24, 2.45) is 0 Å². The zero-order valence-corrected chi connectivity index (χ0v) is 11.5. The van der Waals surface area contributed by atoms with Crippen LogP contribution < -0.4 is 10.1 Å². The molecule has 0 unspecified atom stereocenters. The number of benzene rings is 1. The lowest BCUT2D eigenvalue weighted by Gasteiger charge is -2.08. The molecule has 5 nitrogen and oxygen atoms in total. The summed E-state index contributed by atoms with van der Waals surface area (Å²) in [5.41, 5.74) is 0.977. The Morgan fingerprint density at radius 1 is 1.40 bits per heavy atom. The molecule has 0 spiro atoms. The Bertz CT molecular complexity index is 632. The first-order valence-electron chi connectivity index (χ1n) is 5.86. The fourth-order valence-electron chi connectivity index (χ4n) is 1.64. The van der Waals surface area contributed by atoms with Crippen molar-refractivity contribution in [3.05, 3.63) is 52.7 Å². The number of rotatable bonds is 4. The van der Waals surface area contributed by atoms with E-state index in [0.717, 1.165) is 5.56 Å². The molecule has 0 fully saturated rings. The predicted octanol–water partition coefficient (Wildman–Crippen LogP) is 2.38. The molecule has 0 aliphatic carbocycles. The standard InChI is InChI=1S/C14H13ClN2O3/c1-20-13-6-9(4-5-16-13)8-17-14(19)11-7-10(15)2-3-12(11)18/h2-7,18H,8H2,1H3,(H,17,19). The Morgan fingerprint density at radius 2 is 2.20 bits per heavy atom. The molecule has 0 aliphatic rings. The van der Waals surface area contributed by atoms with Crippen molar-refractivity contribution in [1.29, 1.82) is 0 Å². The molecular weight excluding hydrogens is 280 g/mol. The smallest absolute Gasteiger partial charge is 0.255 e. The van der Waals surface area contributed by atoms with E-state index in [1.54, 1.807) is 18.3 Å². The van der Waals surface area contributed by atoms with Crippen LogP contribution in [-0.2, 0) is 6.54 Å². The number of halogens is 1. The van der Waals surface area contributed by atoms with Crippen LogP contribution in [-0.4, -0.2) is 23.1 Å². The number of methoxy groups -OCH3 is 1. The van der Waals surface area contributed by atoms with E-state index in [4.69, 9.17) is 16.3 Å². The van der Waals surface area contributed by atoms with Gasteiger partial charge in [0.05, 0.1) is 12.7 Å². The quantitative estimate of drug-likeness (QED) is 0.907. The Kier molecular flexibility index (Phi) is 4.42. The van der Waals surface area contributed by atoms with Gasteiger partial charge in [-0.15, -0.1) is 0 Å². The number of aromatic nitrogens is 1. The van der Waals surface area contributed by atoms with E-state index in [0.29, 0.717) is 17.4 Å². The minimum atomic E-state index is -0.402. The summed E-state index contributed by atoms with van der Waals surface area (Å²) in [6.07, 6.45) is 1.59. The topological polar surface area (TPSA) is 71.5 Å². The first-order valence-corrected chi connectivity index (χ1v) is 6.23. The predicted molar refractivity (Wildman–Crippen MR) is 75.1 cm³/mol. The van der Waals surface area contributed by atoms with E-state index in [-0.39, 0.29) is 11.3 Å². The van der Waals surface area contributed by atoms with E-state index in [9.17, 15) is 9.90 Å². The van der Waals surface area contributed by atoms with Crippen LogP contribution in [0.3, 0.4) is 0 Å². The summed E-state index contributed by atoms with van der Waals surface area (Å²) in [7, 11) is 1.52. The number of amides is 1. The second-order valence-electron chi connectivity index (χ2n) is 4.05. The van der Waals surface area contributed by atoms with E-state index in [1.807, 2.05) is 0 Å². The molecule has 0 bridgehead atoms. The maximum atomic E-state index is 12.0. The number of carbonyl (C=O) groups is 1. The highest BCUT2D eigenvalue weighted by Gasteiger charge is 2.11. The summed E-state index contributed by atoms with van der Waals surface area (Å²) in [5, 5.41) is 12.7. The van der Waals surface area contributed by atoms with Gasteiger partial charge < -0.3 is 15.2 Å². The lowest BCUT2D eigenvalue weighted by atomic mass is 10.2. The minimum Gasteiger partial charge on any atom is -0.507 e. The summed E-state index contributed by atoms with van der Waals surface area (Å²) in [4.78, 5) is 15.9. The van der Waals surface area contributed by atoms with Crippen molar-refractivity contribution in [3.8, 4) is 11.6 Å². The van der Waals surface area contributed by atoms with Crippen LogP contribution in [0, 0.1) is 0 Å². The van der Waals surface area contributed by atoms with Gasteiger partial charge in [0.2, 0.25) is 5.88 Å². The fourth-order valence-corrected chi connectivity index (χ4v) is 1.81. The lowest BCUT2D eigenvalue weighted by molar-refractivity contribution is 0.0948. The van der Waals surface area contributed by atoms with Crippen LogP contribution in [0.4, 0.5) is 0 Å². The van der Waals surface area contributed by atoms with Gasteiger partial charge in [-0.1, -0.05) is 11.6 Å². The van der Waals surface area contributed by atoms with Gasteiger partial charge >= 0.3 is 0 Å². The van der Waals surface area contributed by atoms with Crippen molar-refractivity contribution >= 4 is 17.5 Å².